The lowest BCUT2D eigenvalue weighted by Crippen LogP contribution is -2.45. The van der Waals surface area contributed by atoms with Crippen LogP contribution < -0.4 is 21.3 Å². The van der Waals surface area contributed by atoms with Crippen molar-refractivity contribution in [3.05, 3.63) is 23.9 Å². The largest absolute Gasteiger partial charge is 0.369 e. The number of nitrogens with zero attached hydrogens (tertiary/aromatic N) is 4. The van der Waals surface area contributed by atoms with Gasteiger partial charge in [0.2, 0.25) is 5.91 Å². The molecule has 2 rings (SSSR count). The highest BCUT2D eigenvalue weighted by Crippen LogP contribution is 2.24. The number of carbonyl (C=O) groups is 1. The standard InChI is InChI=1S/C23H41N7O.HI/c1-6-25-23(27-12-15-30(17(2)3)18(4)5)28-16-20-8-7-11-26-22(20)29-13-9-19(10-14-29)21(24)31;/h7-8,11,17-19H,6,9-10,12-16H2,1-5H3,(H2,24,31)(H2,25,27,28);1H. The highest BCUT2D eigenvalue weighted by Gasteiger charge is 2.25. The van der Waals surface area contributed by atoms with Crippen LogP contribution in [0.3, 0.4) is 0 Å². The van der Waals surface area contributed by atoms with Crippen LogP contribution >= 0.6 is 24.0 Å². The van der Waals surface area contributed by atoms with Crippen LogP contribution in [0.15, 0.2) is 23.3 Å². The van der Waals surface area contributed by atoms with Crippen LogP contribution in [-0.2, 0) is 11.3 Å². The smallest absolute Gasteiger partial charge is 0.220 e. The van der Waals surface area contributed by atoms with E-state index in [0.29, 0.717) is 18.6 Å². The van der Waals surface area contributed by atoms with Gasteiger partial charge in [0.05, 0.1) is 6.54 Å². The Morgan fingerprint density at radius 3 is 2.47 bits per heavy atom. The Balaban J connectivity index is 0.00000512. The fourth-order valence-corrected chi connectivity index (χ4v) is 4.14. The van der Waals surface area contributed by atoms with Gasteiger partial charge in [-0.05, 0) is 53.5 Å². The molecule has 32 heavy (non-hydrogen) atoms. The first kappa shape index (κ1) is 28.4. The molecule has 1 amide bonds. The monoisotopic (exact) mass is 559 g/mol. The molecule has 2 heterocycles. The first-order valence-corrected chi connectivity index (χ1v) is 11.6. The van der Waals surface area contributed by atoms with Crippen LogP contribution in [-0.4, -0.2) is 66.6 Å². The van der Waals surface area contributed by atoms with Gasteiger partial charge in [0.1, 0.15) is 5.82 Å². The Kier molecular flexibility index (Phi) is 12.9. The number of primary amides is 1. The summed E-state index contributed by atoms with van der Waals surface area (Å²) in [5.41, 5.74) is 6.56. The summed E-state index contributed by atoms with van der Waals surface area (Å²) in [7, 11) is 0. The molecule has 0 spiro atoms. The third-order valence-corrected chi connectivity index (χ3v) is 5.81. The molecule has 0 bridgehead atoms. The van der Waals surface area contributed by atoms with Gasteiger partial charge in [0.15, 0.2) is 5.96 Å². The summed E-state index contributed by atoms with van der Waals surface area (Å²) >= 11 is 0. The number of hydrogen-bond donors (Lipinski definition) is 3. The van der Waals surface area contributed by atoms with Crippen molar-refractivity contribution < 1.29 is 4.79 Å². The average molecular weight is 560 g/mol. The summed E-state index contributed by atoms with van der Waals surface area (Å²) in [4.78, 5) is 25.6. The molecule has 1 aliphatic heterocycles. The SMILES string of the molecule is CCNC(=NCc1cccnc1N1CCC(C(N)=O)CC1)NCCN(C(C)C)C(C)C.I. The van der Waals surface area contributed by atoms with E-state index in [-0.39, 0.29) is 35.8 Å². The zero-order chi connectivity index (χ0) is 22.8. The van der Waals surface area contributed by atoms with Crippen LogP contribution in [0.2, 0.25) is 0 Å². The molecule has 1 fully saturated rings. The molecule has 0 radical (unpaired) electrons. The molecule has 182 valence electrons. The van der Waals surface area contributed by atoms with Crippen molar-refractivity contribution >= 4 is 41.7 Å². The molecule has 8 nitrogen and oxygen atoms in total. The number of carbonyl (C=O) groups excluding carboxylic acids is 1. The molecule has 1 saturated heterocycles. The van der Waals surface area contributed by atoms with E-state index in [2.05, 4.69) is 66.1 Å². The zero-order valence-corrected chi connectivity index (χ0v) is 22.6. The molecular weight excluding hydrogens is 517 g/mol. The molecule has 0 aromatic carbocycles. The lowest BCUT2D eigenvalue weighted by molar-refractivity contribution is -0.122. The van der Waals surface area contributed by atoms with E-state index in [1.54, 1.807) is 0 Å². The normalized spacial score (nSPS) is 15.2. The summed E-state index contributed by atoms with van der Waals surface area (Å²) in [6.45, 7) is 15.7. The van der Waals surface area contributed by atoms with Gasteiger partial charge < -0.3 is 21.3 Å². The molecule has 0 aliphatic carbocycles. The third-order valence-electron chi connectivity index (χ3n) is 5.81. The summed E-state index contributed by atoms with van der Waals surface area (Å²) in [6, 6.07) is 5.05. The number of nitrogens with two attached hydrogens (primary N) is 1. The maximum atomic E-state index is 11.5. The van der Waals surface area contributed by atoms with E-state index in [1.807, 2.05) is 12.3 Å². The zero-order valence-electron chi connectivity index (χ0n) is 20.3. The fourth-order valence-electron chi connectivity index (χ4n) is 4.14. The van der Waals surface area contributed by atoms with Gasteiger partial charge in [0.25, 0.3) is 0 Å². The van der Waals surface area contributed by atoms with Crippen molar-refractivity contribution in [1.29, 1.82) is 0 Å². The molecule has 0 atom stereocenters. The summed E-state index contributed by atoms with van der Waals surface area (Å²) in [5, 5.41) is 6.80. The van der Waals surface area contributed by atoms with Gasteiger partial charge >= 0.3 is 0 Å². The van der Waals surface area contributed by atoms with E-state index in [0.717, 1.165) is 62.9 Å². The van der Waals surface area contributed by atoms with Gasteiger partial charge in [-0.2, -0.15) is 0 Å². The maximum Gasteiger partial charge on any atom is 0.220 e. The number of hydrogen-bond acceptors (Lipinski definition) is 5. The lowest BCUT2D eigenvalue weighted by Gasteiger charge is -2.32. The second kappa shape index (κ2) is 14.5. The molecular formula is C23H42IN7O. The number of aliphatic imine (C=N–C) groups is 1. The van der Waals surface area contributed by atoms with E-state index in [1.165, 1.54) is 0 Å². The number of anilines is 1. The van der Waals surface area contributed by atoms with Crippen LogP contribution in [0.1, 0.15) is 53.0 Å². The Labute approximate surface area is 210 Å². The van der Waals surface area contributed by atoms with Crippen LogP contribution in [0, 0.1) is 5.92 Å². The Morgan fingerprint density at radius 1 is 1.25 bits per heavy atom. The predicted molar refractivity (Wildman–Crippen MR) is 144 cm³/mol. The number of pyridine rings is 1. The highest BCUT2D eigenvalue weighted by atomic mass is 127. The second-order valence-corrected chi connectivity index (χ2v) is 8.70. The summed E-state index contributed by atoms with van der Waals surface area (Å²) in [5.74, 6) is 1.55. The van der Waals surface area contributed by atoms with Crippen molar-refractivity contribution in [3.63, 3.8) is 0 Å². The minimum Gasteiger partial charge on any atom is -0.369 e. The predicted octanol–water partition coefficient (Wildman–Crippen LogP) is 2.58. The molecule has 1 aromatic rings. The number of nitrogens with one attached hydrogen (secondary N) is 2. The van der Waals surface area contributed by atoms with Crippen molar-refractivity contribution in [2.24, 2.45) is 16.6 Å². The van der Waals surface area contributed by atoms with Gasteiger partial charge in [-0.15, -0.1) is 24.0 Å². The van der Waals surface area contributed by atoms with E-state index in [9.17, 15) is 4.79 Å². The van der Waals surface area contributed by atoms with Crippen LogP contribution in [0.5, 0.6) is 0 Å². The summed E-state index contributed by atoms with van der Waals surface area (Å²) in [6.07, 6.45) is 3.38. The molecule has 4 N–H and O–H groups in total. The number of aromatic nitrogens is 1. The lowest BCUT2D eigenvalue weighted by atomic mass is 9.96. The van der Waals surface area contributed by atoms with Crippen molar-refractivity contribution in [1.82, 2.24) is 20.5 Å². The molecule has 1 aliphatic rings. The Hall–Kier alpha value is -1.62. The topological polar surface area (TPSA) is 98.9 Å². The van der Waals surface area contributed by atoms with E-state index >= 15 is 0 Å². The first-order valence-electron chi connectivity index (χ1n) is 11.6. The fraction of sp³-hybridized carbons (Fsp3) is 0.696. The summed E-state index contributed by atoms with van der Waals surface area (Å²) < 4.78 is 0. The first-order chi connectivity index (χ1) is 14.8. The van der Waals surface area contributed by atoms with Gasteiger partial charge in [-0.25, -0.2) is 9.98 Å². The number of guanidine groups is 1. The van der Waals surface area contributed by atoms with Crippen LogP contribution in [0.25, 0.3) is 0 Å². The third kappa shape index (κ3) is 8.73. The Morgan fingerprint density at radius 2 is 1.91 bits per heavy atom. The number of halogens is 1. The highest BCUT2D eigenvalue weighted by molar-refractivity contribution is 14.0. The maximum absolute atomic E-state index is 11.5. The van der Waals surface area contributed by atoms with Crippen molar-refractivity contribution in [2.45, 2.75) is 66.1 Å². The molecule has 1 aromatic heterocycles. The van der Waals surface area contributed by atoms with Gasteiger partial charge in [0, 0.05) is 62.5 Å². The van der Waals surface area contributed by atoms with Crippen molar-refractivity contribution in [2.75, 3.05) is 37.6 Å². The minimum atomic E-state index is -0.194. The minimum absolute atomic E-state index is 0. The van der Waals surface area contributed by atoms with E-state index in [4.69, 9.17) is 10.7 Å². The average Bonchev–Trinajstić information content (AvgIpc) is 2.74. The van der Waals surface area contributed by atoms with Crippen molar-refractivity contribution in [3.8, 4) is 0 Å². The second-order valence-electron chi connectivity index (χ2n) is 8.70. The number of rotatable bonds is 10. The number of piperidine rings is 1. The quantitative estimate of drug-likeness (QED) is 0.232. The van der Waals surface area contributed by atoms with Gasteiger partial charge in [-0.1, -0.05) is 6.07 Å². The van der Waals surface area contributed by atoms with E-state index < -0.39 is 0 Å². The van der Waals surface area contributed by atoms with Crippen LogP contribution in [0.4, 0.5) is 5.82 Å². The Bertz CT molecular complexity index is 710. The van der Waals surface area contributed by atoms with Gasteiger partial charge in [-0.3, -0.25) is 9.69 Å². The molecule has 9 heteroatoms. The number of amides is 1. The molecule has 0 saturated carbocycles. The molecule has 0 unspecified atom stereocenters.